The molecule has 0 saturated carbocycles. The number of hydrogen-bond donors (Lipinski definition) is 1. The van der Waals surface area contributed by atoms with E-state index in [-0.39, 0.29) is 12.1 Å². The predicted octanol–water partition coefficient (Wildman–Crippen LogP) is 3.02. The maximum absolute atomic E-state index is 12.4. The Hall–Kier alpha value is -1.79. The Morgan fingerprint density at radius 2 is 2.14 bits per heavy atom. The predicted molar refractivity (Wildman–Crippen MR) is 82.8 cm³/mol. The number of aromatic nitrogens is 2. The van der Waals surface area contributed by atoms with Gasteiger partial charge in [0.25, 0.3) is 0 Å². The van der Waals surface area contributed by atoms with Gasteiger partial charge in [0.05, 0.1) is 18.9 Å². The molecule has 1 fully saturated rings. The third kappa shape index (κ3) is 2.42. The molecule has 0 amide bonds. The summed E-state index contributed by atoms with van der Waals surface area (Å²) in [5.41, 5.74) is 3.38. The lowest BCUT2D eigenvalue weighted by molar-refractivity contribution is -0.0163. The van der Waals surface area contributed by atoms with Gasteiger partial charge in [-0.1, -0.05) is 18.2 Å². The van der Waals surface area contributed by atoms with Gasteiger partial charge in [0, 0.05) is 34.6 Å². The lowest BCUT2D eigenvalue weighted by Gasteiger charge is -2.22. The van der Waals surface area contributed by atoms with Gasteiger partial charge in [0.1, 0.15) is 11.8 Å². The largest absolute Gasteiger partial charge is 0.457 e. The molecular weight excluding hydrogens is 300 g/mol. The maximum Gasteiger partial charge on any atom is 0.356 e. The van der Waals surface area contributed by atoms with Crippen LogP contribution in [0.2, 0.25) is 0 Å². The van der Waals surface area contributed by atoms with E-state index in [0.29, 0.717) is 18.9 Å². The van der Waals surface area contributed by atoms with Crippen molar-refractivity contribution in [2.45, 2.75) is 29.6 Å². The Morgan fingerprint density at radius 1 is 1.32 bits per heavy atom. The molecule has 0 spiro atoms. The Labute approximate surface area is 132 Å². The van der Waals surface area contributed by atoms with Crippen LogP contribution in [0.3, 0.4) is 0 Å². The number of nitrogens with one attached hydrogen (secondary N) is 1. The van der Waals surface area contributed by atoms with E-state index in [2.05, 4.69) is 16.3 Å². The van der Waals surface area contributed by atoms with Crippen molar-refractivity contribution in [3.8, 4) is 11.3 Å². The molecule has 0 bridgehead atoms. The lowest BCUT2D eigenvalue weighted by Crippen LogP contribution is -2.26. The normalized spacial score (nSPS) is 17.6. The number of carbonyl (C=O) groups is 1. The molecule has 1 aromatic heterocycles. The highest BCUT2D eigenvalue weighted by Gasteiger charge is 2.28. The molecule has 5 nitrogen and oxygen atoms in total. The molecule has 0 aliphatic carbocycles. The van der Waals surface area contributed by atoms with Crippen LogP contribution >= 0.6 is 11.8 Å². The first-order valence-electron chi connectivity index (χ1n) is 7.41. The van der Waals surface area contributed by atoms with E-state index >= 15 is 0 Å². The zero-order chi connectivity index (χ0) is 14.9. The van der Waals surface area contributed by atoms with Crippen LogP contribution in [0, 0.1) is 0 Å². The Balaban J connectivity index is 1.60. The monoisotopic (exact) mass is 316 g/mol. The molecule has 1 N–H and O–H groups in total. The number of ether oxygens (including phenoxy) is 2. The first-order valence-corrected chi connectivity index (χ1v) is 8.39. The van der Waals surface area contributed by atoms with Crippen molar-refractivity contribution in [3.05, 3.63) is 35.5 Å². The number of rotatable bonds is 2. The zero-order valence-electron chi connectivity index (χ0n) is 12.0. The summed E-state index contributed by atoms with van der Waals surface area (Å²) in [5, 5.41) is 7.23. The highest BCUT2D eigenvalue weighted by Crippen LogP contribution is 2.41. The van der Waals surface area contributed by atoms with Crippen molar-refractivity contribution < 1.29 is 14.3 Å². The molecule has 6 heteroatoms. The molecular formula is C16H16N2O3S. The zero-order valence-corrected chi connectivity index (χ0v) is 12.8. The van der Waals surface area contributed by atoms with Gasteiger partial charge in [0.2, 0.25) is 0 Å². The minimum absolute atomic E-state index is 0.0521. The second-order valence-corrected chi connectivity index (χ2v) is 6.44. The van der Waals surface area contributed by atoms with Gasteiger partial charge in [-0.05, 0) is 6.07 Å². The maximum atomic E-state index is 12.4. The molecule has 22 heavy (non-hydrogen) atoms. The standard InChI is InChI=1S/C16H16N2O3S/c19-16(21-10-5-7-20-8-6-10)15-12-9-22-13-4-2-1-3-11(13)14(12)17-18-15/h1-4,10H,5-9H2,(H,17,18). The average molecular weight is 316 g/mol. The number of benzene rings is 1. The molecule has 3 heterocycles. The molecule has 2 aliphatic rings. The summed E-state index contributed by atoms with van der Waals surface area (Å²) in [6.45, 7) is 1.31. The van der Waals surface area contributed by atoms with Crippen LogP contribution in [0.5, 0.6) is 0 Å². The fourth-order valence-corrected chi connectivity index (χ4v) is 3.92. The van der Waals surface area contributed by atoms with Crippen molar-refractivity contribution in [2.24, 2.45) is 0 Å². The van der Waals surface area contributed by atoms with E-state index in [4.69, 9.17) is 9.47 Å². The summed E-state index contributed by atoms with van der Waals surface area (Å²) in [6, 6.07) is 8.12. The van der Waals surface area contributed by atoms with E-state index in [1.54, 1.807) is 11.8 Å². The highest BCUT2D eigenvalue weighted by molar-refractivity contribution is 7.98. The fourth-order valence-electron chi connectivity index (χ4n) is 2.84. The minimum Gasteiger partial charge on any atom is -0.457 e. The van der Waals surface area contributed by atoms with Crippen LogP contribution < -0.4 is 0 Å². The van der Waals surface area contributed by atoms with E-state index in [0.717, 1.165) is 35.4 Å². The van der Waals surface area contributed by atoms with Crippen molar-refractivity contribution in [2.75, 3.05) is 13.2 Å². The smallest absolute Gasteiger partial charge is 0.356 e. The van der Waals surface area contributed by atoms with E-state index < -0.39 is 0 Å². The number of hydrogen-bond acceptors (Lipinski definition) is 5. The third-order valence-corrected chi connectivity index (χ3v) is 5.13. The molecule has 114 valence electrons. The summed E-state index contributed by atoms with van der Waals surface area (Å²) in [4.78, 5) is 13.6. The number of carbonyl (C=O) groups excluding carboxylic acids is 1. The number of thioether (sulfide) groups is 1. The second-order valence-electron chi connectivity index (χ2n) is 5.43. The van der Waals surface area contributed by atoms with Crippen molar-refractivity contribution >= 4 is 17.7 Å². The lowest BCUT2D eigenvalue weighted by atomic mass is 10.1. The van der Waals surface area contributed by atoms with Gasteiger partial charge in [-0.3, -0.25) is 5.10 Å². The van der Waals surface area contributed by atoms with Gasteiger partial charge >= 0.3 is 5.97 Å². The minimum atomic E-state index is -0.305. The summed E-state index contributed by atoms with van der Waals surface area (Å²) in [7, 11) is 0. The Kier molecular flexibility index (Phi) is 3.63. The van der Waals surface area contributed by atoms with Crippen LogP contribution in [0.15, 0.2) is 29.2 Å². The Morgan fingerprint density at radius 3 is 3.00 bits per heavy atom. The SMILES string of the molecule is O=C(OC1CCOCC1)c1[nH]nc2c1CSc1ccccc1-2. The number of esters is 1. The van der Waals surface area contributed by atoms with Crippen LogP contribution in [0.1, 0.15) is 28.9 Å². The van der Waals surface area contributed by atoms with Gasteiger partial charge in [-0.2, -0.15) is 5.10 Å². The topological polar surface area (TPSA) is 64.2 Å². The summed E-state index contributed by atoms with van der Waals surface area (Å²) < 4.78 is 10.9. The molecule has 4 rings (SSSR count). The van der Waals surface area contributed by atoms with Crippen molar-refractivity contribution in [3.63, 3.8) is 0 Å². The van der Waals surface area contributed by atoms with Gasteiger partial charge < -0.3 is 9.47 Å². The first kappa shape index (κ1) is 13.8. The van der Waals surface area contributed by atoms with E-state index in [9.17, 15) is 4.79 Å². The van der Waals surface area contributed by atoms with Crippen LogP contribution in [-0.4, -0.2) is 35.5 Å². The number of fused-ring (bicyclic) bond motifs is 3. The molecule has 2 aliphatic heterocycles. The van der Waals surface area contributed by atoms with E-state index in [1.165, 1.54) is 4.90 Å². The van der Waals surface area contributed by atoms with Crippen molar-refractivity contribution in [1.82, 2.24) is 10.2 Å². The number of H-pyrrole nitrogens is 1. The summed E-state index contributed by atoms with van der Waals surface area (Å²) in [6.07, 6.45) is 1.47. The summed E-state index contributed by atoms with van der Waals surface area (Å²) >= 11 is 1.73. The molecule has 0 atom stereocenters. The molecule has 1 saturated heterocycles. The van der Waals surface area contributed by atoms with Gasteiger partial charge in [-0.15, -0.1) is 11.8 Å². The third-order valence-electron chi connectivity index (χ3n) is 4.03. The molecule has 2 aromatic rings. The summed E-state index contributed by atoms with van der Waals surface area (Å²) in [5.74, 6) is 0.432. The fraction of sp³-hybridized carbons (Fsp3) is 0.375. The molecule has 0 radical (unpaired) electrons. The average Bonchev–Trinajstić information content (AvgIpc) is 3.00. The molecule has 1 aromatic carbocycles. The van der Waals surface area contributed by atoms with Crippen LogP contribution in [0.25, 0.3) is 11.3 Å². The molecule has 0 unspecified atom stereocenters. The Bertz CT molecular complexity index is 707. The number of nitrogens with zero attached hydrogens (tertiary/aromatic N) is 1. The highest BCUT2D eigenvalue weighted by atomic mass is 32.2. The van der Waals surface area contributed by atoms with Crippen molar-refractivity contribution in [1.29, 1.82) is 0 Å². The second kappa shape index (κ2) is 5.78. The van der Waals surface area contributed by atoms with Crippen LogP contribution in [-0.2, 0) is 15.2 Å². The first-order chi connectivity index (χ1) is 10.8. The number of aromatic amines is 1. The van der Waals surface area contributed by atoms with Gasteiger partial charge in [0.15, 0.2) is 0 Å². The van der Waals surface area contributed by atoms with E-state index in [1.807, 2.05) is 18.2 Å². The quantitative estimate of drug-likeness (QED) is 0.863. The van der Waals surface area contributed by atoms with Gasteiger partial charge in [-0.25, -0.2) is 4.79 Å². The van der Waals surface area contributed by atoms with Crippen LogP contribution in [0.4, 0.5) is 0 Å².